The summed E-state index contributed by atoms with van der Waals surface area (Å²) in [7, 11) is 0. The van der Waals surface area contributed by atoms with Crippen LogP contribution in [0.3, 0.4) is 0 Å². The van der Waals surface area contributed by atoms with Crippen LogP contribution in [0.15, 0.2) is 5.38 Å². The Morgan fingerprint density at radius 3 is 3.08 bits per heavy atom. The molecule has 1 aliphatic rings. The Balaban J connectivity index is 1.84. The largest absolute Gasteiger partial charge is 0.361 e. The van der Waals surface area contributed by atoms with Crippen LogP contribution in [0.25, 0.3) is 0 Å². The average molecular weight is 182 g/mol. The molecule has 0 aromatic carbocycles. The summed E-state index contributed by atoms with van der Waals surface area (Å²) in [5, 5.41) is 6.60. The zero-order chi connectivity index (χ0) is 8.39. The highest BCUT2D eigenvalue weighted by Gasteiger charge is 2.20. The van der Waals surface area contributed by atoms with Crippen molar-refractivity contribution < 1.29 is 0 Å². The highest BCUT2D eigenvalue weighted by molar-refractivity contribution is 7.13. The van der Waals surface area contributed by atoms with Crippen LogP contribution in [0.4, 0.5) is 5.13 Å². The summed E-state index contributed by atoms with van der Waals surface area (Å²) >= 11 is 1.72. The average Bonchev–Trinajstić information content (AvgIpc) is 2.81. The van der Waals surface area contributed by atoms with Crippen molar-refractivity contribution in [2.45, 2.75) is 26.2 Å². The topological polar surface area (TPSA) is 24.9 Å². The summed E-state index contributed by atoms with van der Waals surface area (Å²) in [6.07, 6.45) is 3.85. The predicted octanol–water partition coefficient (Wildman–Crippen LogP) is 2.53. The lowest BCUT2D eigenvalue weighted by atomic mass is 10.4. The monoisotopic (exact) mass is 182 g/mol. The summed E-state index contributed by atoms with van der Waals surface area (Å²) in [5.74, 6) is 0.930. The van der Waals surface area contributed by atoms with E-state index in [9.17, 15) is 0 Å². The van der Waals surface area contributed by atoms with Crippen molar-refractivity contribution in [3.8, 4) is 0 Å². The van der Waals surface area contributed by atoms with Crippen molar-refractivity contribution in [2.24, 2.45) is 5.92 Å². The van der Waals surface area contributed by atoms with Crippen molar-refractivity contribution in [2.75, 3.05) is 11.9 Å². The molecule has 0 unspecified atom stereocenters. The molecule has 1 heterocycles. The molecule has 2 rings (SSSR count). The first-order valence-corrected chi connectivity index (χ1v) is 5.44. The molecule has 2 nitrogen and oxygen atoms in total. The first kappa shape index (κ1) is 8.05. The maximum absolute atomic E-state index is 4.44. The van der Waals surface area contributed by atoms with Gasteiger partial charge in [0.25, 0.3) is 0 Å². The van der Waals surface area contributed by atoms with E-state index in [2.05, 4.69) is 22.6 Å². The fourth-order valence-corrected chi connectivity index (χ4v) is 1.91. The van der Waals surface area contributed by atoms with E-state index < -0.39 is 0 Å². The third-order valence-corrected chi connectivity index (χ3v) is 3.00. The Labute approximate surface area is 77.0 Å². The van der Waals surface area contributed by atoms with Crippen LogP contribution in [0.1, 0.15) is 25.5 Å². The van der Waals surface area contributed by atoms with Gasteiger partial charge in [0.15, 0.2) is 5.13 Å². The number of hydrogen-bond acceptors (Lipinski definition) is 3. The fraction of sp³-hybridized carbons (Fsp3) is 0.667. The van der Waals surface area contributed by atoms with Crippen molar-refractivity contribution in [1.29, 1.82) is 0 Å². The molecule has 3 heteroatoms. The number of aromatic nitrogens is 1. The lowest BCUT2D eigenvalue weighted by Gasteiger charge is -1.98. The van der Waals surface area contributed by atoms with E-state index in [4.69, 9.17) is 0 Å². The SMILES string of the molecule is CCc1csc(NCC2CC2)n1. The number of nitrogens with one attached hydrogen (secondary N) is 1. The molecule has 0 spiro atoms. The van der Waals surface area contributed by atoms with Crippen LogP contribution in [0.5, 0.6) is 0 Å². The highest BCUT2D eigenvalue weighted by atomic mass is 32.1. The molecule has 0 atom stereocenters. The van der Waals surface area contributed by atoms with Gasteiger partial charge in [-0.1, -0.05) is 6.92 Å². The molecular weight excluding hydrogens is 168 g/mol. The minimum atomic E-state index is 0.930. The Morgan fingerprint density at radius 1 is 1.67 bits per heavy atom. The minimum absolute atomic E-state index is 0.930. The van der Waals surface area contributed by atoms with Crippen LogP contribution in [-0.2, 0) is 6.42 Å². The third kappa shape index (κ3) is 1.97. The van der Waals surface area contributed by atoms with Crippen molar-refractivity contribution >= 4 is 16.5 Å². The van der Waals surface area contributed by atoms with Gasteiger partial charge in [-0.3, -0.25) is 0 Å². The van der Waals surface area contributed by atoms with Gasteiger partial charge in [-0.25, -0.2) is 4.98 Å². The van der Waals surface area contributed by atoms with Gasteiger partial charge in [0, 0.05) is 11.9 Å². The lowest BCUT2D eigenvalue weighted by Crippen LogP contribution is -2.02. The molecule has 0 amide bonds. The molecule has 0 saturated heterocycles. The van der Waals surface area contributed by atoms with E-state index in [-0.39, 0.29) is 0 Å². The summed E-state index contributed by atoms with van der Waals surface area (Å²) in [4.78, 5) is 4.44. The Bertz CT molecular complexity index is 253. The van der Waals surface area contributed by atoms with Gasteiger partial charge in [0.1, 0.15) is 0 Å². The number of nitrogens with zero attached hydrogens (tertiary/aromatic N) is 1. The van der Waals surface area contributed by atoms with Crippen molar-refractivity contribution in [3.63, 3.8) is 0 Å². The van der Waals surface area contributed by atoms with E-state index in [0.717, 1.165) is 24.0 Å². The third-order valence-electron chi connectivity index (χ3n) is 2.15. The fourth-order valence-electron chi connectivity index (χ4n) is 1.10. The maximum Gasteiger partial charge on any atom is 0.182 e. The van der Waals surface area contributed by atoms with Gasteiger partial charge in [-0.05, 0) is 25.2 Å². The molecule has 12 heavy (non-hydrogen) atoms. The van der Waals surface area contributed by atoms with Gasteiger partial charge >= 0.3 is 0 Å². The smallest absolute Gasteiger partial charge is 0.182 e. The quantitative estimate of drug-likeness (QED) is 0.774. The lowest BCUT2D eigenvalue weighted by molar-refractivity contribution is 0.885. The van der Waals surface area contributed by atoms with E-state index >= 15 is 0 Å². The van der Waals surface area contributed by atoms with Crippen LogP contribution in [0.2, 0.25) is 0 Å². The Morgan fingerprint density at radius 2 is 2.50 bits per heavy atom. The van der Waals surface area contributed by atoms with Gasteiger partial charge in [-0.2, -0.15) is 0 Å². The van der Waals surface area contributed by atoms with E-state index in [0.29, 0.717) is 0 Å². The van der Waals surface area contributed by atoms with Crippen LogP contribution in [-0.4, -0.2) is 11.5 Å². The molecule has 0 aliphatic heterocycles. The predicted molar refractivity (Wildman–Crippen MR) is 52.7 cm³/mol. The minimum Gasteiger partial charge on any atom is -0.361 e. The van der Waals surface area contributed by atoms with E-state index in [1.807, 2.05) is 0 Å². The summed E-state index contributed by atoms with van der Waals surface area (Å²) in [6, 6.07) is 0. The number of anilines is 1. The molecule has 1 fully saturated rings. The zero-order valence-corrected chi connectivity index (χ0v) is 8.16. The molecule has 0 radical (unpaired) electrons. The molecule has 1 aromatic heterocycles. The van der Waals surface area contributed by atoms with Crippen LogP contribution >= 0.6 is 11.3 Å². The van der Waals surface area contributed by atoms with Gasteiger partial charge in [0.05, 0.1) is 5.69 Å². The van der Waals surface area contributed by atoms with Crippen molar-refractivity contribution in [1.82, 2.24) is 4.98 Å². The van der Waals surface area contributed by atoms with Crippen molar-refractivity contribution in [3.05, 3.63) is 11.1 Å². The molecule has 1 aromatic rings. The highest BCUT2D eigenvalue weighted by Crippen LogP contribution is 2.29. The van der Waals surface area contributed by atoms with Crippen LogP contribution < -0.4 is 5.32 Å². The standard InChI is InChI=1S/C9H14N2S/c1-2-8-6-12-9(11-8)10-5-7-3-4-7/h6-7H,2-5H2,1H3,(H,10,11). The molecule has 1 aliphatic carbocycles. The van der Waals surface area contributed by atoms with Crippen LogP contribution in [0, 0.1) is 5.92 Å². The van der Waals surface area contributed by atoms with Gasteiger partial charge < -0.3 is 5.32 Å². The Kier molecular flexibility index (Phi) is 2.30. The van der Waals surface area contributed by atoms with E-state index in [1.54, 1.807) is 11.3 Å². The van der Waals surface area contributed by atoms with Gasteiger partial charge in [0.2, 0.25) is 0 Å². The number of rotatable bonds is 4. The normalized spacial score (nSPS) is 16.4. The second-order valence-electron chi connectivity index (χ2n) is 3.32. The summed E-state index contributed by atoms with van der Waals surface area (Å²) in [5.41, 5.74) is 1.21. The molecule has 0 bridgehead atoms. The van der Waals surface area contributed by atoms with Gasteiger partial charge in [-0.15, -0.1) is 11.3 Å². The first-order chi connectivity index (χ1) is 5.88. The number of thiazole rings is 1. The zero-order valence-electron chi connectivity index (χ0n) is 7.34. The molecule has 66 valence electrons. The summed E-state index contributed by atoms with van der Waals surface area (Å²) in [6.45, 7) is 3.26. The van der Waals surface area contributed by atoms with E-state index in [1.165, 1.54) is 18.5 Å². The molecular formula is C9H14N2S. The molecule has 1 N–H and O–H groups in total. The first-order valence-electron chi connectivity index (χ1n) is 4.56. The number of aryl methyl sites for hydroxylation is 1. The maximum atomic E-state index is 4.44. The summed E-state index contributed by atoms with van der Waals surface area (Å²) < 4.78 is 0. The Hall–Kier alpha value is -0.570. The number of hydrogen-bond donors (Lipinski definition) is 1. The molecule has 1 saturated carbocycles. The second kappa shape index (κ2) is 3.44. The second-order valence-corrected chi connectivity index (χ2v) is 4.18.